The Morgan fingerprint density at radius 2 is 1.71 bits per heavy atom. The number of aryl methyl sites for hydroxylation is 1. The van der Waals surface area contributed by atoms with E-state index in [1.807, 2.05) is 30.3 Å². The van der Waals surface area contributed by atoms with Crippen LogP contribution in [-0.4, -0.2) is 37.6 Å². The van der Waals surface area contributed by atoms with E-state index in [4.69, 9.17) is 9.47 Å². The highest BCUT2D eigenvalue weighted by molar-refractivity contribution is 5.94. The number of hydrogen-bond donors (Lipinski definition) is 1. The molecule has 3 aromatic rings. The van der Waals surface area contributed by atoms with Crippen molar-refractivity contribution < 1.29 is 14.3 Å². The lowest BCUT2D eigenvalue weighted by molar-refractivity contribution is 0.0859. The van der Waals surface area contributed by atoms with Crippen molar-refractivity contribution in [1.82, 2.24) is 10.2 Å². The summed E-state index contributed by atoms with van der Waals surface area (Å²) in [6.45, 7) is 5.96. The molecule has 0 aromatic heterocycles. The standard InChI is InChI=1S/C29H34N2O3/c1-5-25(30-29(32)22-9-7-6-8-10-22)28-24-18-27(34-4)26(33-3)17-23(24)15-16-31(28)19-21-13-11-20(2)12-14-21/h6-14,17-18,25,28H,5,15-16,19H2,1-4H3,(H,30,32)/t25-,28-/m1/s1. The van der Waals surface area contributed by atoms with Crippen LogP contribution in [0.1, 0.15) is 52.0 Å². The molecule has 1 N–H and O–H groups in total. The van der Waals surface area contributed by atoms with Gasteiger partial charge in [0.2, 0.25) is 0 Å². The molecule has 0 saturated carbocycles. The van der Waals surface area contributed by atoms with Gasteiger partial charge in [-0.2, -0.15) is 0 Å². The lowest BCUT2D eigenvalue weighted by Gasteiger charge is -2.42. The quantitative estimate of drug-likeness (QED) is 0.496. The molecule has 0 fully saturated rings. The number of fused-ring (bicyclic) bond motifs is 1. The van der Waals surface area contributed by atoms with Gasteiger partial charge < -0.3 is 14.8 Å². The molecule has 0 bridgehead atoms. The normalized spacial score (nSPS) is 16.4. The minimum absolute atomic E-state index is 0.0162. The van der Waals surface area contributed by atoms with Crippen LogP contribution in [0.2, 0.25) is 0 Å². The lowest BCUT2D eigenvalue weighted by atomic mass is 9.86. The second-order valence-corrected chi connectivity index (χ2v) is 8.91. The highest BCUT2D eigenvalue weighted by Gasteiger charge is 2.35. The number of carbonyl (C=O) groups is 1. The average Bonchev–Trinajstić information content (AvgIpc) is 2.88. The highest BCUT2D eigenvalue weighted by Crippen LogP contribution is 2.40. The van der Waals surface area contributed by atoms with E-state index in [0.717, 1.165) is 31.7 Å². The summed E-state index contributed by atoms with van der Waals surface area (Å²) < 4.78 is 11.2. The first-order valence-corrected chi connectivity index (χ1v) is 11.9. The van der Waals surface area contributed by atoms with Crippen LogP contribution in [-0.2, 0) is 13.0 Å². The number of carbonyl (C=O) groups excluding carboxylic acids is 1. The number of hydrogen-bond acceptors (Lipinski definition) is 4. The summed E-state index contributed by atoms with van der Waals surface area (Å²) >= 11 is 0. The Bertz CT molecular complexity index is 1110. The number of nitrogens with one attached hydrogen (secondary N) is 1. The molecule has 4 rings (SSSR count). The molecule has 34 heavy (non-hydrogen) atoms. The average molecular weight is 459 g/mol. The first kappa shape index (κ1) is 23.8. The zero-order valence-corrected chi connectivity index (χ0v) is 20.5. The lowest BCUT2D eigenvalue weighted by Crippen LogP contribution is -2.48. The molecule has 5 heteroatoms. The smallest absolute Gasteiger partial charge is 0.251 e. The molecule has 1 aliphatic rings. The Balaban J connectivity index is 1.72. The molecule has 1 heterocycles. The second-order valence-electron chi connectivity index (χ2n) is 8.91. The molecule has 1 amide bonds. The maximum Gasteiger partial charge on any atom is 0.251 e. The summed E-state index contributed by atoms with van der Waals surface area (Å²) in [5.74, 6) is 1.41. The van der Waals surface area contributed by atoms with E-state index in [-0.39, 0.29) is 18.0 Å². The number of nitrogens with zero attached hydrogens (tertiary/aromatic N) is 1. The molecule has 178 valence electrons. The summed E-state index contributed by atoms with van der Waals surface area (Å²) in [6, 6.07) is 22.3. The maximum atomic E-state index is 13.1. The van der Waals surface area contributed by atoms with Crippen molar-refractivity contribution in [3.63, 3.8) is 0 Å². The van der Waals surface area contributed by atoms with E-state index in [2.05, 4.69) is 60.5 Å². The molecule has 0 unspecified atom stereocenters. The molecule has 0 spiro atoms. The van der Waals surface area contributed by atoms with Crippen molar-refractivity contribution in [3.05, 3.63) is 94.5 Å². The Kier molecular flexibility index (Phi) is 7.53. The van der Waals surface area contributed by atoms with Gasteiger partial charge in [0.05, 0.1) is 20.3 Å². The van der Waals surface area contributed by atoms with Crippen molar-refractivity contribution in [3.8, 4) is 11.5 Å². The van der Waals surface area contributed by atoms with Crippen LogP contribution in [0.25, 0.3) is 0 Å². The third-order valence-electron chi connectivity index (χ3n) is 6.71. The minimum Gasteiger partial charge on any atom is -0.493 e. The van der Waals surface area contributed by atoms with Gasteiger partial charge in [-0.15, -0.1) is 0 Å². The fraction of sp³-hybridized carbons (Fsp3) is 0.345. The fourth-order valence-electron chi connectivity index (χ4n) is 4.85. The predicted molar refractivity (Wildman–Crippen MR) is 136 cm³/mol. The predicted octanol–water partition coefficient (Wildman–Crippen LogP) is 5.32. The SMILES string of the molecule is CC[C@@H](NC(=O)c1ccccc1)[C@H]1c2cc(OC)c(OC)cc2CCN1Cc1ccc(C)cc1. The topological polar surface area (TPSA) is 50.8 Å². The van der Waals surface area contributed by atoms with Gasteiger partial charge in [-0.25, -0.2) is 0 Å². The molecule has 0 aliphatic carbocycles. The molecule has 0 saturated heterocycles. The van der Waals surface area contributed by atoms with Crippen LogP contribution in [0.15, 0.2) is 66.7 Å². The van der Waals surface area contributed by atoms with Crippen molar-refractivity contribution in [2.24, 2.45) is 0 Å². The van der Waals surface area contributed by atoms with Crippen LogP contribution in [0.4, 0.5) is 0 Å². The van der Waals surface area contributed by atoms with E-state index in [9.17, 15) is 4.79 Å². The van der Waals surface area contributed by atoms with Gasteiger partial charge in [0.1, 0.15) is 0 Å². The first-order chi connectivity index (χ1) is 16.5. The Labute approximate surface area is 202 Å². The van der Waals surface area contributed by atoms with Gasteiger partial charge in [0.15, 0.2) is 11.5 Å². The van der Waals surface area contributed by atoms with Crippen molar-refractivity contribution in [1.29, 1.82) is 0 Å². The summed E-state index contributed by atoms with van der Waals surface area (Å²) in [5.41, 5.74) is 5.63. The third-order valence-corrected chi connectivity index (χ3v) is 6.71. The Morgan fingerprint density at radius 1 is 1.03 bits per heavy atom. The number of methoxy groups -OCH3 is 2. The van der Waals surface area contributed by atoms with Crippen LogP contribution < -0.4 is 14.8 Å². The summed E-state index contributed by atoms with van der Waals surface area (Å²) in [6.07, 6.45) is 1.72. The molecule has 3 aromatic carbocycles. The first-order valence-electron chi connectivity index (χ1n) is 11.9. The molecule has 1 aliphatic heterocycles. The molecule has 5 nitrogen and oxygen atoms in total. The summed E-state index contributed by atoms with van der Waals surface area (Å²) in [5, 5.41) is 3.33. The minimum atomic E-state index is -0.0599. The van der Waals surface area contributed by atoms with Gasteiger partial charge in [0, 0.05) is 24.7 Å². The van der Waals surface area contributed by atoms with Crippen molar-refractivity contribution >= 4 is 5.91 Å². The molecular formula is C29H34N2O3. The maximum absolute atomic E-state index is 13.1. The van der Waals surface area contributed by atoms with E-state index in [1.54, 1.807) is 14.2 Å². The van der Waals surface area contributed by atoms with Gasteiger partial charge in [0.25, 0.3) is 5.91 Å². The van der Waals surface area contributed by atoms with E-state index < -0.39 is 0 Å². The van der Waals surface area contributed by atoms with E-state index in [1.165, 1.54) is 22.3 Å². The van der Waals surface area contributed by atoms with Crippen LogP contribution in [0.5, 0.6) is 11.5 Å². The molecular weight excluding hydrogens is 424 g/mol. The second kappa shape index (κ2) is 10.7. The van der Waals surface area contributed by atoms with E-state index in [0.29, 0.717) is 11.3 Å². The van der Waals surface area contributed by atoms with Crippen LogP contribution >= 0.6 is 0 Å². The summed E-state index contributed by atoms with van der Waals surface area (Å²) in [7, 11) is 3.34. The van der Waals surface area contributed by atoms with Gasteiger partial charge in [-0.05, 0) is 60.7 Å². The molecule has 0 radical (unpaired) electrons. The number of benzene rings is 3. The number of ether oxygens (including phenoxy) is 2. The van der Waals surface area contributed by atoms with E-state index >= 15 is 0 Å². The monoisotopic (exact) mass is 458 g/mol. The zero-order valence-electron chi connectivity index (χ0n) is 20.5. The van der Waals surface area contributed by atoms with Crippen molar-refractivity contribution in [2.75, 3.05) is 20.8 Å². The summed E-state index contributed by atoms with van der Waals surface area (Å²) in [4.78, 5) is 15.6. The zero-order chi connectivity index (χ0) is 24.1. The Morgan fingerprint density at radius 3 is 2.35 bits per heavy atom. The van der Waals surface area contributed by atoms with Crippen LogP contribution in [0, 0.1) is 6.92 Å². The third kappa shape index (κ3) is 5.10. The largest absolute Gasteiger partial charge is 0.493 e. The Hall–Kier alpha value is -3.31. The van der Waals surface area contributed by atoms with Crippen molar-refractivity contribution in [2.45, 2.75) is 45.3 Å². The fourth-order valence-corrected chi connectivity index (χ4v) is 4.85. The number of amides is 1. The van der Waals surface area contributed by atoms with Crippen LogP contribution in [0.3, 0.4) is 0 Å². The number of rotatable bonds is 8. The van der Waals surface area contributed by atoms with Gasteiger partial charge in [-0.3, -0.25) is 9.69 Å². The van der Waals surface area contributed by atoms with Gasteiger partial charge >= 0.3 is 0 Å². The van der Waals surface area contributed by atoms with Gasteiger partial charge in [-0.1, -0.05) is 55.0 Å². The highest BCUT2D eigenvalue weighted by atomic mass is 16.5. The molecule has 2 atom stereocenters.